The minimum absolute atomic E-state index is 0.172. The van der Waals surface area contributed by atoms with Crippen LogP contribution in [0.5, 0.6) is 0 Å². The monoisotopic (exact) mass is 354 g/mol. The van der Waals surface area contributed by atoms with Gasteiger partial charge < -0.3 is 4.90 Å². The lowest BCUT2D eigenvalue weighted by molar-refractivity contribution is -0.149. The molecule has 0 bridgehead atoms. The van der Waals surface area contributed by atoms with Gasteiger partial charge in [0.25, 0.3) is 0 Å². The van der Waals surface area contributed by atoms with Crippen LogP contribution in [0.4, 0.5) is 0 Å². The maximum absolute atomic E-state index is 13.0. The molecule has 26 heavy (non-hydrogen) atoms. The number of imide groups is 1. The van der Waals surface area contributed by atoms with E-state index in [1.165, 1.54) is 4.90 Å². The van der Waals surface area contributed by atoms with Crippen LogP contribution in [0.3, 0.4) is 0 Å². The smallest absolute Gasteiger partial charge is 0.243 e. The first-order valence-electron chi connectivity index (χ1n) is 9.13. The van der Waals surface area contributed by atoms with Gasteiger partial charge in [0, 0.05) is 12.1 Å². The van der Waals surface area contributed by atoms with Gasteiger partial charge in [-0.3, -0.25) is 19.3 Å². The van der Waals surface area contributed by atoms with Crippen LogP contribution in [0.15, 0.2) is 42.5 Å². The van der Waals surface area contributed by atoms with E-state index in [-0.39, 0.29) is 36.1 Å². The van der Waals surface area contributed by atoms with Gasteiger partial charge in [0.15, 0.2) is 0 Å². The van der Waals surface area contributed by atoms with Gasteiger partial charge in [-0.2, -0.15) is 0 Å². The maximum atomic E-state index is 13.0. The van der Waals surface area contributed by atoms with Crippen LogP contribution in [-0.4, -0.2) is 39.6 Å². The summed E-state index contributed by atoms with van der Waals surface area (Å²) in [5, 5.41) is 0. The number of carbonyl (C=O) groups excluding carboxylic acids is 3. The molecule has 1 aliphatic carbocycles. The Morgan fingerprint density at radius 1 is 1.04 bits per heavy atom. The van der Waals surface area contributed by atoms with Crippen molar-refractivity contribution in [3.63, 3.8) is 0 Å². The molecule has 2 unspecified atom stereocenters. The fourth-order valence-electron chi connectivity index (χ4n) is 3.71. The summed E-state index contributed by atoms with van der Waals surface area (Å²) in [4.78, 5) is 41.2. The molecule has 5 nitrogen and oxygen atoms in total. The molecule has 1 aliphatic heterocycles. The number of carbonyl (C=O) groups is 3. The summed E-state index contributed by atoms with van der Waals surface area (Å²) in [6.45, 7) is 6.17. The van der Waals surface area contributed by atoms with Crippen LogP contribution in [0, 0.1) is 11.8 Å². The van der Waals surface area contributed by atoms with Crippen LogP contribution < -0.4 is 0 Å². The summed E-state index contributed by atoms with van der Waals surface area (Å²) >= 11 is 0. The molecular weight excluding hydrogens is 328 g/mol. The van der Waals surface area contributed by atoms with Crippen molar-refractivity contribution in [2.45, 2.75) is 45.7 Å². The van der Waals surface area contributed by atoms with E-state index in [2.05, 4.69) is 0 Å². The molecule has 0 radical (unpaired) electrons. The molecule has 1 fully saturated rings. The number of allylic oxidation sites excluding steroid dienone is 2. The van der Waals surface area contributed by atoms with Gasteiger partial charge in [0.1, 0.15) is 6.54 Å². The van der Waals surface area contributed by atoms with E-state index in [0.29, 0.717) is 19.4 Å². The van der Waals surface area contributed by atoms with Gasteiger partial charge in [0.05, 0.1) is 11.8 Å². The SMILES string of the molecule is CC(C)(C)N(Cc1ccccc1)C(=O)CN1C(=O)C2CC=CCC2C1=O. The maximum Gasteiger partial charge on any atom is 0.243 e. The van der Waals surface area contributed by atoms with Crippen molar-refractivity contribution in [1.29, 1.82) is 0 Å². The molecule has 5 heteroatoms. The molecule has 2 aliphatic rings. The third-order valence-electron chi connectivity index (χ3n) is 5.19. The first kappa shape index (κ1) is 18.4. The quantitative estimate of drug-likeness (QED) is 0.617. The zero-order valence-corrected chi connectivity index (χ0v) is 15.6. The first-order valence-corrected chi connectivity index (χ1v) is 9.13. The third kappa shape index (κ3) is 3.57. The van der Waals surface area contributed by atoms with Crippen LogP contribution in [0.2, 0.25) is 0 Å². The number of hydrogen-bond donors (Lipinski definition) is 0. The van der Waals surface area contributed by atoms with Crippen molar-refractivity contribution in [3.05, 3.63) is 48.0 Å². The summed E-state index contributed by atoms with van der Waals surface area (Å²) in [7, 11) is 0. The van der Waals surface area contributed by atoms with E-state index in [1.807, 2.05) is 63.3 Å². The second-order valence-electron chi connectivity index (χ2n) is 8.05. The van der Waals surface area contributed by atoms with Gasteiger partial charge in [-0.05, 0) is 39.2 Å². The van der Waals surface area contributed by atoms with Crippen molar-refractivity contribution in [3.8, 4) is 0 Å². The highest BCUT2D eigenvalue weighted by Gasteiger charge is 2.48. The molecule has 0 saturated carbocycles. The zero-order valence-electron chi connectivity index (χ0n) is 15.6. The van der Waals surface area contributed by atoms with E-state index in [4.69, 9.17) is 0 Å². The fraction of sp³-hybridized carbons (Fsp3) is 0.476. The molecular formula is C21H26N2O3. The topological polar surface area (TPSA) is 57.7 Å². The molecule has 0 spiro atoms. The normalized spacial score (nSPS) is 22.5. The van der Waals surface area contributed by atoms with Crippen molar-refractivity contribution in [2.24, 2.45) is 11.8 Å². The standard InChI is InChI=1S/C21H26N2O3/c1-21(2,3)23(13-15-9-5-4-6-10-15)18(24)14-22-19(25)16-11-7-8-12-17(16)20(22)26/h4-10,16-17H,11-14H2,1-3H3. The predicted octanol–water partition coefficient (Wildman–Crippen LogP) is 2.76. The van der Waals surface area contributed by atoms with Gasteiger partial charge >= 0.3 is 0 Å². The van der Waals surface area contributed by atoms with Crippen LogP contribution in [-0.2, 0) is 20.9 Å². The van der Waals surface area contributed by atoms with Crippen LogP contribution in [0.25, 0.3) is 0 Å². The molecule has 138 valence electrons. The minimum Gasteiger partial charge on any atom is -0.332 e. The second-order valence-corrected chi connectivity index (χ2v) is 8.05. The molecule has 1 saturated heterocycles. The van der Waals surface area contributed by atoms with Crippen LogP contribution >= 0.6 is 0 Å². The van der Waals surface area contributed by atoms with Crippen molar-refractivity contribution >= 4 is 17.7 Å². The van der Waals surface area contributed by atoms with E-state index in [0.717, 1.165) is 5.56 Å². The molecule has 0 N–H and O–H groups in total. The fourth-order valence-corrected chi connectivity index (χ4v) is 3.71. The predicted molar refractivity (Wildman–Crippen MR) is 98.8 cm³/mol. The van der Waals surface area contributed by atoms with Crippen molar-refractivity contribution in [1.82, 2.24) is 9.80 Å². The Morgan fingerprint density at radius 2 is 1.58 bits per heavy atom. The number of likely N-dealkylation sites (tertiary alicyclic amines) is 1. The van der Waals surface area contributed by atoms with E-state index in [9.17, 15) is 14.4 Å². The Hall–Kier alpha value is -2.43. The summed E-state index contributed by atoms with van der Waals surface area (Å²) < 4.78 is 0. The first-order chi connectivity index (χ1) is 12.3. The number of fused-ring (bicyclic) bond motifs is 1. The molecule has 3 amide bonds. The number of amides is 3. The van der Waals surface area contributed by atoms with Gasteiger partial charge in [0.2, 0.25) is 17.7 Å². The lowest BCUT2D eigenvalue weighted by atomic mass is 9.85. The Kier molecular flexibility index (Phi) is 4.99. The van der Waals surface area contributed by atoms with E-state index in [1.54, 1.807) is 4.90 Å². The third-order valence-corrected chi connectivity index (χ3v) is 5.19. The van der Waals surface area contributed by atoms with Crippen molar-refractivity contribution < 1.29 is 14.4 Å². The molecule has 2 atom stereocenters. The number of benzene rings is 1. The molecule has 1 heterocycles. The molecule has 1 aromatic rings. The Bertz CT molecular complexity index is 707. The van der Waals surface area contributed by atoms with Gasteiger partial charge in [-0.15, -0.1) is 0 Å². The van der Waals surface area contributed by atoms with E-state index >= 15 is 0 Å². The highest BCUT2D eigenvalue weighted by molar-refractivity contribution is 6.07. The molecule has 1 aromatic carbocycles. The lowest BCUT2D eigenvalue weighted by Gasteiger charge is -2.36. The Labute approximate surface area is 154 Å². The summed E-state index contributed by atoms with van der Waals surface area (Å²) in [5.41, 5.74) is 0.611. The number of nitrogens with zero attached hydrogens (tertiary/aromatic N) is 2. The summed E-state index contributed by atoms with van der Waals surface area (Å²) in [5.74, 6) is -1.19. The van der Waals surface area contributed by atoms with Gasteiger partial charge in [-0.25, -0.2) is 0 Å². The summed E-state index contributed by atoms with van der Waals surface area (Å²) in [6.07, 6.45) is 5.09. The zero-order chi connectivity index (χ0) is 18.9. The molecule has 0 aromatic heterocycles. The lowest BCUT2D eigenvalue weighted by Crippen LogP contribution is -2.50. The van der Waals surface area contributed by atoms with Gasteiger partial charge in [-0.1, -0.05) is 42.5 Å². The highest BCUT2D eigenvalue weighted by Crippen LogP contribution is 2.35. The largest absolute Gasteiger partial charge is 0.332 e. The van der Waals surface area contributed by atoms with Crippen molar-refractivity contribution in [2.75, 3.05) is 6.54 Å². The Morgan fingerprint density at radius 3 is 2.08 bits per heavy atom. The summed E-state index contributed by atoms with van der Waals surface area (Å²) in [6, 6.07) is 9.75. The average Bonchev–Trinajstić information content (AvgIpc) is 2.85. The Balaban J connectivity index is 1.76. The van der Waals surface area contributed by atoms with E-state index < -0.39 is 5.54 Å². The molecule has 3 rings (SSSR count). The minimum atomic E-state index is -0.410. The average molecular weight is 354 g/mol. The number of rotatable bonds is 4. The number of hydrogen-bond acceptors (Lipinski definition) is 3. The second kappa shape index (κ2) is 7.06. The van der Waals surface area contributed by atoms with Crippen LogP contribution in [0.1, 0.15) is 39.2 Å². The highest BCUT2D eigenvalue weighted by atomic mass is 16.2.